The fourth-order valence-electron chi connectivity index (χ4n) is 2.11. The third-order valence-electron chi connectivity index (χ3n) is 3.53. The number of hydrogen-bond acceptors (Lipinski definition) is 5. The molecule has 2 atom stereocenters. The number of nitro benzene ring substituents is 1. The van der Waals surface area contributed by atoms with Crippen LogP contribution < -0.4 is 28.7 Å². The predicted octanol–water partition coefficient (Wildman–Crippen LogP) is -0.242. The quantitative estimate of drug-likeness (QED) is 0.125. The summed E-state index contributed by atoms with van der Waals surface area (Å²) >= 11 is 0. The maximum atomic E-state index is 11.9. The Hall–Kier alpha value is -1.16. The lowest BCUT2D eigenvalue weighted by Crippen LogP contribution is -3.00. The zero-order chi connectivity index (χ0) is 17.4. The fraction of sp³-hybridized carbons (Fsp3) is 0.500. The summed E-state index contributed by atoms with van der Waals surface area (Å²) in [6, 6.07) is 5.42. The van der Waals surface area contributed by atoms with Crippen LogP contribution >= 0.6 is 0 Å². The highest BCUT2D eigenvalue weighted by Crippen LogP contribution is 2.18. The highest BCUT2D eigenvalue weighted by Gasteiger charge is 2.22. The molecule has 1 aromatic rings. The van der Waals surface area contributed by atoms with E-state index in [1.54, 1.807) is 6.92 Å². The van der Waals surface area contributed by atoms with Crippen molar-refractivity contribution in [3.63, 3.8) is 0 Å². The molecule has 1 rings (SSSR count). The van der Waals surface area contributed by atoms with E-state index < -0.39 is 4.92 Å². The van der Waals surface area contributed by atoms with E-state index in [1.807, 2.05) is 13.2 Å². The molecule has 0 saturated carbocycles. The Morgan fingerprint density at radius 2 is 1.88 bits per heavy atom. The topological polar surface area (TPSA) is 86.5 Å². The van der Waals surface area contributed by atoms with Gasteiger partial charge < -0.3 is 28.7 Å². The van der Waals surface area contributed by atoms with Crippen molar-refractivity contribution in [1.82, 2.24) is 0 Å². The average molecular weight is 467 g/mol. The molecule has 0 amide bonds. The first-order valence-corrected chi connectivity index (χ1v) is 9.35. The van der Waals surface area contributed by atoms with E-state index in [9.17, 15) is 19.7 Å². The van der Waals surface area contributed by atoms with Crippen LogP contribution in [0.25, 0.3) is 0 Å². The Kier molecular flexibility index (Phi) is 10.9. The number of ether oxygens (including phenoxy) is 1. The molecule has 8 heteroatoms. The highest BCUT2D eigenvalue weighted by molar-refractivity contribution is 7.96. The molecule has 0 saturated heterocycles. The maximum absolute atomic E-state index is 11.9. The molecule has 6 nitrogen and oxygen atoms in total. The average Bonchev–Trinajstić information content (AvgIpc) is 2.47. The molecule has 1 unspecified atom stereocenters. The Labute approximate surface area is 161 Å². The van der Waals surface area contributed by atoms with Crippen LogP contribution in [0.5, 0.6) is 5.75 Å². The first kappa shape index (κ1) is 22.8. The Bertz CT molecular complexity index is 564. The zero-order valence-electron chi connectivity index (χ0n) is 14.0. The van der Waals surface area contributed by atoms with E-state index in [1.165, 1.54) is 24.3 Å². The van der Waals surface area contributed by atoms with E-state index in [2.05, 4.69) is 0 Å². The summed E-state index contributed by atoms with van der Waals surface area (Å²) in [7, 11) is -0.159. The number of benzene rings is 1. The van der Waals surface area contributed by atoms with Gasteiger partial charge in [-0.05, 0) is 36.4 Å². The number of Topliss-reactive ketones (excluding diaryl/α,β-unsaturated/α-hetero) is 1. The van der Waals surface area contributed by atoms with E-state index in [-0.39, 0.29) is 64.0 Å². The molecular weight excluding hydrogens is 445 g/mol. The molecule has 1 aromatic carbocycles. The molecule has 0 aliphatic heterocycles. The monoisotopic (exact) mass is 467 g/mol. The second kappa shape index (κ2) is 11.4. The number of hydrogen-bond donors (Lipinski definition) is 0. The molecule has 0 heterocycles. The summed E-state index contributed by atoms with van der Waals surface area (Å²) in [6.07, 6.45) is 3.58. The number of ketones is 1. The Morgan fingerprint density at radius 3 is 2.33 bits per heavy atom. The van der Waals surface area contributed by atoms with Crippen molar-refractivity contribution in [2.45, 2.75) is 26.7 Å². The van der Waals surface area contributed by atoms with Crippen molar-refractivity contribution in [3.8, 4) is 5.75 Å². The van der Waals surface area contributed by atoms with E-state index in [0.29, 0.717) is 5.75 Å². The van der Waals surface area contributed by atoms with Crippen LogP contribution in [0.1, 0.15) is 26.7 Å². The summed E-state index contributed by atoms with van der Waals surface area (Å²) in [6.45, 7) is 3.59. The molecule has 0 aromatic heterocycles. The van der Waals surface area contributed by atoms with Crippen LogP contribution in [0, 0.1) is 16.0 Å². The molecule has 0 fully saturated rings. The predicted molar refractivity (Wildman–Crippen MR) is 90.8 cm³/mol. The number of non-ortho nitro benzene ring substituents is 1. The van der Waals surface area contributed by atoms with Crippen LogP contribution in [-0.2, 0) is 20.5 Å². The van der Waals surface area contributed by atoms with Crippen molar-refractivity contribution in [1.29, 1.82) is 0 Å². The summed E-state index contributed by atoms with van der Waals surface area (Å²) in [5.41, 5.74) is -0.0464. The van der Waals surface area contributed by atoms with Gasteiger partial charge in [-0.2, -0.15) is 0 Å². The second-order valence-corrected chi connectivity index (χ2v) is 7.62. The standard InChI is InChI=1S/C16H22NO5S.HI/c1-4-13(12(2)18)9-10-23(3)11-16(19)22-15-7-5-14(6-8-15)17(20)21;/h5-8,13H,4,9-11H2,1-3H3;1H/q+1;/p-1/t13-,23?;/m0./s1. The van der Waals surface area contributed by atoms with Crippen molar-refractivity contribution >= 4 is 28.3 Å². The van der Waals surface area contributed by atoms with E-state index >= 15 is 0 Å². The molecule has 0 aliphatic carbocycles. The normalized spacial score (nSPS) is 12.6. The fourth-order valence-corrected chi connectivity index (χ4v) is 3.40. The number of esters is 1. The largest absolute Gasteiger partial charge is 1.00 e. The van der Waals surface area contributed by atoms with Gasteiger partial charge in [0.05, 0.1) is 11.2 Å². The van der Waals surface area contributed by atoms with Gasteiger partial charge in [0.25, 0.3) is 5.69 Å². The number of nitrogens with zero attached hydrogens (tertiary/aromatic N) is 1. The summed E-state index contributed by atoms with van der Waals surface area (Å²) < 4.78 is 5.18. The SMILES string of the molecule is CC[C@@H](CC[S+](C)CC(=O)Oc1ccc([N+](=O)[O-])cc1)C(C)=O.[I-]. The van der Waals surface area contributed by atoms with Gasteiger partial charge >= 0.3 is 5.97 Å². The number of rotatable bonds is 9. The van der Waals surface area contributed by atoms with Gasteiger partial charge in [-0.15, -0.1) is 0 Å². The van der Waals surface area contributed by atoms with Crippen molar-refractivity contribution in [3.05, 3.63) is 34.4 Å². The maximum Gasteiger partial charge on any atom is 0.361 e. The minimum atomic E-state index is -0.506. The van der Waals surface area contributed by atoms with Crippen LogP contribution in [0.4, 0.5) is 5.69 Å². The van der Waals surface area contributed by atoms with Gasteiger partial charge in [0.15, 0.2) is 0 Å². The summed E-state index contributed by atoms with van der Waals surface area (Å²) in [5.74, 6) is 1.29. The van der Waals surface area contributed by atoms with Crippen LogP contribution in [0.3, 0.4) is 0 Å². The molecular formula is C16H22INO5S. The van der Waals surface area contributed by atoms with Crippen LogP contribution in [0.15, 0.2) is 24.3 Å². The summed E-state index contributed by atoms with van der Waals surface area (Å²) in [4.78, 5) is 33.3. The first-order chi connectivity index (χ1) is 10.8. The molecule has 0 spiro atoms. The van der Waals surface area contributed by atoms with Gasteiger partial charge in [0.2, 0.25) is 5.75 Å². The van der Waals surface area contributed by atoms with Gasteiger partial charge in [-0.3, -0.25) is 14.9 Å². The van der Waals surface area contributed by atoms with E-state index in [0.717, 1.165) is 18.6 Å². The van der Waals surface area contributed by atoms with Crippen molar-refractivity contribution in [2.75, 3.05) is 17.8 Å². The molecule has 0 radical (unpaired) electrons. The van der Waals surface area contributed by atoms with Crippen LogP contribution in [0.2, 0.25) is 0 Å². The number of nitro groups is 1. The highest BCUT2D eigenvalue weighted by atomic mass is 127. The summed E-state index contributed by atoms with van der Waals surface area (Å²) in [5, 5.41) is 10.6. The van der Waals surface area contributed by atoms with Gasteiger partial charge in [-0.1, -0.05) is 6.92 Å². The van der Waals surface area contributed by atoms with Gasteiger partial charge in [0.1, 0.15) is 17.3 Å². The van der Waals surface area contributed by atoms with Crippen molar-refractivity contribution < 1.29 is 43.2 Å². The van der Waals surface area contributed by atoms with Gasteiger partial charge in [0, 0.05) is 24.5 Å². The molecule has 0 bridgehead atoms. The zero-order valence-corrected chi connectivity index (χ0v) is 17.0. The Balaban J connectivity index is 0.00000529. The number of halogens is 1. The molecule has 0 aliphatic rings. The third-order valence-corrected chi connectivity index (χ3v) is 5.19. The van der Waals surface area contributed by atoms with Crippen molar-refractivity contribution in [2.24, 2.45) is 5.92 Å². The van der Waals surface area contributed by atoms with E-state index in [4.69, 9.17) is 4.74 Å². The second-order valence-electron chi connectivity index (χ2n) is 5.36. The lowest BCUT2D eigenvalue weighted by Gasteiger charge is -2.10. The lowest BCUT2D eigenvalue weighted by atomic mass is 10.00. The lowest BCUT2D eigenvalue weighted by molar-refractivity contribution is -0.384. The van der Waals surface area contributed by atoms with Gasteiger partial charge in [-0.25, -0.2) is 4.79 Å². The minimum Gasteiger partial charge on any atom is -1.00 e. The van der Waals surface area contributed by atoms with Crippen LogP contribution in [-0.4, -0.2) is 34.4 Å². The number of carbonyl (C=O) groups is 2. The third kappa shape index (κ3) is 8.09. The molecule has 134 valence electrons. The first-order valence-electron chi connectivity index (χ1n) is 7.38. The molecule has 0 N–H and O–H groups in total. The molecule has 24 heavy (non-hydrogen) atoms. The Morgan fingerprint density at radius 1 is 1.29 bits per heavy atom. The minimum absolute atomic E-state index is 0. The smallest absolute Gasteiger partial charge is 0.361 e. The number of carbonyl (C=O) groups excluding carboxylic acids is 2.